The minimum absolute atomic E-state index is 0.182. The van der Waals surface area contributed by atoms with Gasteiger partial charge in [0.25, 0.3) is 0 Å². The zero-order valence-electron chi connectivity index (χ0n) is 14.8. The normalized spacial score (nSPS) is 11.8. The second kappa shape index (κ2) is 8.24. The monoisotopic (exact) mass is 351 g/mol. The van der Waals surface area contributed by atoms with E-state index in [0.717, 1.165) is 16.9 Å². The molecule has 1 amide bonds. The van der Waals surface area contributed by atoms with Crippen molar-refractivity contribution in [2.75, 3.05) is 11.9 Å². The van der Waals surface area contributed by atoms with E-state index in [1.54, 1.807) is 0 Å². The molecule has 7 nitrogen and oxygen atoms in total. The van der Waals surface area contributed by atoms with Crippen LogP contribution < -0.4 is 10.1 Å². The molecule has 0 aliphatic heterocycles. The summed E-state index contributed by atoms with van der Waals surface area (Å²) in [5, 5.41) is 17.0. The van der Waals surface area contributed by atoms with Gasteiger partial charge in [-0.25, -0.2) is 0 Å². The molecule has 2 aromatic carbocycles. The van der Waals surface area contributed by atoms with Crippen molar-refractivity contribution in [2.24, 2.45) is 0 Å². The van der Waals surface area contributed by atoms with E-state index in [0.29, 0.717) is 24.5 Å². The summed E-state index contributed by atoms with van der Waals surface area (Å²) in [7, 11) is 0. The average molecular weight is 351 g/mol. The summed E-state index contributed by atoms with van der Waals surface area (Å²) in [6, 6.07) is 15.2. The first-order chi connectivity index (χ1) is 12.7. The lowest BCUT2D eigenvalue weighted by molar-refractivity contribution is -0.117. The molecular formula is C19H21N5O2. The van der Waals surface area contributed by atoms with Crippen LogP contribution in [-0.4, -0.2) is 33.1 Å². The number of anilines is 1. The molecule has 0 saturated heterocycles. The molecule has 0 saturated carbocycles. The second-order valence-corrected chi connectivity index (χ2v) is 5.90. The molecule has 7 heteroatoms. The van der Waals surface area contributed by atoms with Crippen molar-refractivity contribution in [3.8, 4) is 5.75 Å². The van der Waals surface area contributed by atoms with Gasteiger partial charge in [-0.2, -0.15) is 5.21 Å². The van der Waals surface area contributed by atoms with Crippen LogP contribution in [0, 0.1) is 6.92 Å². The highest BCUT2D eigenvalue weighted by Gasteiger charge is 2.26. The van der Waals surface area contributed by atoms with Gasteiger partial charge in [0.2, 0.25) is 5.91 Å². The van der Waals surface area contributed by atoms with Gasteiger partial charge in [-0.05, 0) is 55.7 Å². The number of amides is 1. The van der Waals surface area contributed by atoms with E-state index in [1.807, 2.05) is 62.4 Å². The summed E-state index contributed by atoms with van der Waals surface area (Å²) in [4.78, 5) is 12.9. The molecule has 0 radical (unpaired) electrons. The molecular weight excluding hydrogens is 330 g/mol. The fourth-order valence-corrected chi connectivity index (χ4v) is 2.71. The van der Waals surface area contributed by atoms with Crippen LogP contribution in [0.15, 0.2) is 48.5 Å². The summed E-state index contributed by atoms with van der Waals surface area (Å²) in [5.74, 6) is 0.414. The number of aryl methyl sites for hydroxylation is 1. The van der Waals surface area contributed by atoms with Crippen LogP contribution in [-0.2, 0) is 11.2 Å². The smallest absolute Gasteiger partial charge is 0.235 e. The van der Waals surface area contributed by atoms with Gasteiger partial charge in [-0.15, -0.1) is 10.2 Å². The summed E-state index contributed by atoms with van der Waals surface area (Å²) in [6.45, 7) is 4.55. The van der Waals surface area contributed by atoms with Gasteiger partial charge in [-0.3, -0.25) is 4.79 Å². The van der Waals surface area contributed by atoms with E-state index in [-0.39, 0.29) is 5.91 Å². The third kappa shape index (κ3) is 4.24. The van der Waals surface area contributed by atoms with Crippen molar-refractivity contribution in [2.45, 2.75) is 26.2 Å². The standard InChI is InChI=1S/C19H21N5O2/c1-3-26-16-10-8-15(9-11-16)20-19(25)17(18-21-23-24-22-18)12-14-7-5-4-6-13(14)2/h4-11,17H,3,12H2,1-2H3,(H,20,25)(H,21,22,23,24). The third-order valence-corrected chi connectivity index (χ3v) is 4.11. The lowest BCUT2D eigenvalue weighted by Crippen LogP contribution is -2.24. The van der Waals surface area contributed by atoms with Crippen molar-refractivity contribution < 1.29 is 9.53 Å². The fraction of sp³-hybridized carbons (Fsp3) is 0.263. The fourth-order valence-electron chi connectivity index (χ4n) is 2.71. The molecule has 1 aromatic heterocycles. The lowest BCUT2D eigenvalue weighted by Gasteiger charge is -2.15. The molecule has 1 heterocycles. The van der Waals surface area contributed by atoms with Crippen LogP contribution in [0.25, 0.3) is 0 Å². The Morgan fingerprint density at radius 1 is 1.19 bits per heavy atom. The quantitative estimate of drug-likeness (QED) is 0.683. The Bertz CT molecular complexity index is 847. The molecule has 2 N–H and O–H groups in total. The van der Waals surface area contributed by atoms with Crippen molar-refractivity contribution in [3.05, 3.63) is 65.5 Å². The predicted molar refractivity (Wildman–Crippen MR) is 98.0 cm³/mol. The zero-order valence-corrected chi connectivity index (χ0v) is 14.8. The predicted octanol–water partition coefficient (Wildman–Crippen LogP) is 2.87. The second-order valence-electron chi connectivity index (χ2n) is 5.90. The number of nitrogens with one attached hydrogen (secondary N) is 2. The average Bonchev–Trinajstić information content (AvgIpc) is 3.17. The van der Waals surface area contributed by atoms with Crippen LogP contribution in [0.3, 0.4) is 0 Å². The van der Waals surface area contributed by atoms with Gasteiger partial charge in [0, 0.05) is 5.69 Å². The van der Waals surface area contributed by atoms with Crippen LogP contribution >= 0.6 is 0 Å². The van der Waals surface area contributed by atoms with Crippen LogP contribution in [0.5, 0.6) is 5.75 Å². The van der Waals surface area contributed by atoms with Gasteiger partial charge >= 0.3 is 0 Å². The molecule has 0 bridgehead atoms. The number of benzene rings is 2. The zero-order chi connectivity index (χ0) is 18.4. The number of aromatic amines is 1. The van der Waals surface area contributed by atoms with Gasteiger partial charge < -0.3 is 10.1 Å². The minimum Gasteiger partial charge on any atom is -0.494 e. The van der Waals surface area contributed by atoms with Gasteiger partial charge in [0.05, 0.1) is 6.61 Å². The number of ether oxygens (including phenoxy) is 1. The highest BCUT2D eigenvalue weighted by molar-refractivity contribution is 5.95. The number of hydrogen-bond donors (Lipinski definition) is 2. The Balaban J connectivity index is 1.78. The largest absolute Gasteiger partial charge is 0.494 e. The van der Waals surface area contributed by atoms with Gasteiger partial charge in [-0.1, -0.05) is 29.5 Å². The Morgan fingerprint density at radius 2 is 1.96 bits per heavy atom. The molecule has 1 atom stereocenters. The molecule has 0 aliphatic carbocycles. The van der Waals surface area contributed by atoms with Crippen molar-refractivity contribution in [1.29, 1.82) is 0 Å². The number of H-pyrrole nitrogens is 1. The molecule has 0 spiro atoms. The topological polar surface area (TPSA) is 92.8 Å². The highest BCUT2D eigenvalue weighted by atomic mass is 16.5. The van der Waals surface area contributed by atoms with Crippen molar-refractivity contribution in [3.63, 3.8) is 0 Å². The maximum Gasteiger partial charge on any atom is 0.235 e. The van der Waals surface area contributed by atoms with E-state index < -0.39 is 5.92 Å². The van der Waals surface area contributed by atoms with Gasteiger partial charge in [0.15, 0.2) is 5.82 Å². The van der Waals surface area contributed by atoms with E-state index in [9.17, 15) is 4.79 Å². The first-order valence-electron chi connectivity index (χ1n) is 8.49. The first kappa shape index (κ1) is 17.6. The highest BCUT2D eigenvalue weighted by Crippen LogP contribution is 2.23. The summed E-state index contributed by atoms with van der Waals surface area (Å²) >= 11 is 0. The number of tetrazole rings is 1. The van der Waals surface area contributed by atoms with E-state index in [4.69, 9.17) is 4.74 Å². The molecule has 3 rings (SSSR count). The Hall–Kier alpha value is -3.22. The molecule has 134 valence electrons. The molecule has 26 heavy (non-hydrogen) atoms. The minimum atomic E-state index is -0.540. The maximum atomic E-state index is 12.9. The van der Waals surface area contributed by atoms with E-state index >= 15 is 0 Å². The molecule has 0 aliphatic rings. The number of nitrogens with zero attached hydrogens (tertiary/aromatic N) is 3. The molecule has 1 unspecified atom stereocenters. The van der Waals surface area contributed by atoms with Gasteiger partial charge in [0.1, 0.15) is 11.7 Å². The van der Waals surface area contributed by atoms with Crippen LogP contribution in [0.2, 0.25) is 0 Å². The van der Waals surface area contributed by atoms with E-state index in [1.165, 1.54) is 0 Å². The summed E-state index contributed by atoms with van der Waals surface area (Å²) in [5.41, 5.74) is 2.88. The number of rotatable bonds is 7. The Morgan fingerprint density at radius 3 is 2.62 bits per heavy atom. The summed E-state index contributed by atoms with van der Waals surface area (Å²) in [6.07, 6.45) is 0.495. The number of carbonyl (C=O) groups is 1. The summed E-state index contributed by atoms with van der Waals surface area (Å²) < 4.78 is 5.42. The molecule has 3 aromatic rings. The number of aromatic nitrogens is 4. The SMILES string of the molecule is CCOc1ccc(NC(=O)C(Cc2ccccc2C)c2nn[nH]n2)cc1. The first-order valence-corrected chi connectivity index (χ1v) is 8.49. The lowest BCUT2D eigenvalue weighted by atomic mass is 9.94. The molecule has 0 fully saturated rings. The van der Waals surface area contributed by atoms with Crippen LogP contribution in [0.4, 0.5) is 5.69 Å². The van der Waals surface area contributed by atoms with Crippen molar-refractivity contribution in [1.82, 2.24) is 20.6 Å². The van der Waals surface area contributed by atoms with E-state index in [2.05, 4.69) is 25.9 Å². The Labute approximate surface area is 151 Å². The number of carbonyl (C=O) groups excluding carboxylic acids is 1. The Kier molecular flexibility index (Phi) is 5.58. The third-order valence-electron chi connectivity index (χ3n) is 4.11. The number of hydrogen-bond acceptors (Lipinski definition) is 5. The van der Waals surface area contributed by atoms with Crippen LogP contribution in [0.1, 0.15) is 29.8 Å². The van der Waals surface area contributed by atoms with Crippen molar-refractivity contribution >= 4 is 11.6 Å². The maximum absolute atomic E-state index is 12.9.